The number of fused-ring (bicyclic) bond motifs is 9. The fourth-order valence-corrected chi connectivity index (χ4v) is 8.52. The van der Waals surface area contributed by atoms with Gasteiger partial charge < -0.3 is 4.74 Å². The summed E-state index contributed by atoms with van der Waals surface area (Å²) in [5.41, 5.74) is 14.2. The summed E-state index contributed by atoms with van der Waals surface area (Å²) in [5, 5.41) is 5.69. The second kappa shape index (κ2) is 11.9. The minimum Gasteiger partial charge on any atom is -0.457 e. The average Bonchev–Trinajstić information content (AvgIpc) is 3.78. The number of aryl methyl sites for hydroxylation is 4. The Morgan fingerprint density at radius 3 is 1.92 bits per heavy atom. The van der Waals surface area contributed by atoms with E-state index in [1.165, 1.54) is 55.3 Å². The van der Waals surface area contributed by atoms with Crippen LogP contribution in [0.1, 0.15) is 22.3 Å². The molecule has 254 valence electrons. The van der Waals surface area contributed by atoms with Gasteiger partial charge in [-0.2, -0.15) is 0 Å². The lowest BCUT2D eigenvalue weighted by Crippen LogP contribution is -1.98. The maximum atomic E-state index is 6.70. The van der Waals surface area contributed by atoms with Crippen molar-refractivity contribution in [3.05, 3.63) is 168 Å². The molecule has 4 aromatic heterocycles. The van der Waals surface area contributed by atoms with Crippen LogP contribution in [0.3, 0.4) is 0 Å². The number of imidazole rings is 1. The van der Waals surface area contributed by atoms with E-state index in [0.29, 0.717) is 0 Å². The molecule has 10 aromatic rings. The summed E-state index contributed by atoms with van der Waals surface area (Å²) in [4.78, 5) is 9.64. The molecular weight excluding hydrogens is 649 g/mol. The van der Waals surface area contributed by atoms with Gasteiger partial charge in [0.25, 0.3) is 0 Å². The Morgan fingerprint density at radius 1 is 0.491 bits per heavy atom. The molecule has 0 aliphatic rings. The second-order valence-corrected chi connectivity index (χ2v) is 14.1. The Morgan fingerprint density at radius 2 is 1.17 bits per heavy atom. The molecule has 5 nitrogen and oxygen atoms in total. The lowest BCUT2D eigenvalue weighted by molar-refractivity contribution is 0.484. The van der Waals surface area contributed by atoms with Crippen LogP contribution in [-0.2, 0) is 0 Å². The van der Waals surface area contributed by atoms with E-state index in [1.54, 1.807) is 0 Å². The van der Waals surface area contributed by atoms with Gasteiger partial charge in [0.2, 0.25) is 0 Å². The molecule has 0 atom stereocenters. The number of rotatable bonds is 5. The fourth-order valence-electron chi connectivity index (χ4n) is 8.52. The van der Waals surface area contributed by atoms with Crippen molar-refractivity contribution in [3.8, 4) is 39.6 Å². The van der Waals surface area contributed by atoms with Gasteiger partial charge in [-0.1, -0.05) is 60.7 Å². The minimum absolute atomic E-state index is 0.752. The molecule has 0 saturated heterocycles. The van der Waals surface area contributed by atoms with Crippen LogP contribution in [0.4, 0.5) is 0 Å². The molecule has 0 bridgehead atoms. The normalized spacial score (nSPS) is 11.8. The van der Waals surface area contributed by atoms with Gasteiger partial charge in [-0.15, -0.1) is 0 Å². The van der Waals surface area contributed by atoms with E-state index >= 15 is 0 Å². The molecule has 0 aliphatic heterocycles. The minimum atomic E-state index is 0.752. The second-order valence-electron chi connectivity index (χ2n) is 14.1. The summed E-state index contributed by atoms with van der Waals surface area (Å²) in [5.74, 6) is 2.38. The first kappa shape index (κ1) is 31.1. The van der Waals surface area contributed by atoms with Crippen LogP contribution in [0.5, 0.6) is 11.5 Å². The largest absolute Gasteiger partial charge is 0.457 e. The number of hydrogen-bond acceptors (Lipinski definition) is 3. The maximum Gasteiger partial charge on any atom is 0.145 e. The summed E-state index contributed by atoms with van der Waals surface area (Å²) in [7, 11) is 0. The Kier molecular flexibility index (Phi) is 6.99. The number of para-hydroxylation sites is 1. The van der Waals surface area contributed by atoms with Crippen molar-refractivity contribution in [1.82, 2.24) is 18.9 Å². The fraction of sp³-hybridized carbons (Fsp3) is 0.0833. The van der Waals surface area contributed by atoms with Crippen molar-refractivity contribution in [3.63, 3.8) is 0 Å². The molecule has 6 aromatic carbocycles. The van der Waals surface area contributed by atoms with Crippen LogP contribution in [-0.4, -0.2) is 18.9 Å². The van der Waals surface area contributed by atoms with Crippen LogP contribution < -0.4 is 4.74 Å². The molecular formula is C48H36N4O. The van der Waals surface area contributed by atoms with Crippen LogP contribution in [0.25, 0.3) is 77.2 Å². The van der Waals surface area contributed by atoms with Crippen molar-refractivity contribution >= 4 is 49.1 Å². The van der Waals surface area contributed by atoms with Crippen LogP contribution in [0.2, 0.25) is 0 Å². The Bertz CT molecular complexity index is 3040. The number of ether oxygens (including phenoxy) is 1. The maximum absolute atomic E-state index is 6.70. The predicted molar refractivity (Wildman–Crippen MR) is 219 cm³/mol. The summed E-state index contributed by atoms with van der Waals surface area (Å²) < 4.78 is 11.2. The third kappa shape index (κ3) is 4.85. The lowest BCUT2D eigenvalue weighted by atomic mass is 9.87. The van der Waals surface area contributed by atoms with E-state index in [4.69, 9.17) is 14.7 Å². The average molecular weight is 685 g/mol. The Labute approximate surface area is 307 Å². The molecule has 4 heterocycles. The summed E-state index contributed by atoms with van der Waals surface area (Å²) in [6.07, 6.45) is 5.83. The van der Waals surface area contributed by atoms with Gasteiger partial charge in [0.05, 0.1) is 16.6 Å². The Hall–Kier alpha value is -6.72. The molecule has 0 N–H and O–H groups in total. The summed E-state index contributed by atoms with van der Waals surface area (Å²) in [6, 6.07) is 45.1. The molecule has 53 heavy (non-hydrogen) atoms. The standard InChI is InChI=1S/C48H36N4O/c1-29-11-9-12-30(2)45(29)33-25-39-36-20-18-34(27-40(36)48-50-23-24-51(48)47(39)41(26-33)46-31(3)13-10-14-32(46)4)53-35-19-21-38-37-15-5-6-16-42(37)52(43(38)28-35)44-17-7-8-22-49-44/h5-28H,1-4H3. The molecule has 10 rings (SSSR count). The zero-order valence-corrected chi connectivity index (χ0v) is 30.1. The van der Waals surface area contributed by atoms with E-state index in [1.807, 2.05) is 30.6 Å². The van der Waals surface area contributed by atoms with Crippen LogP contribution >= 0.6 is 0 Å². The van der Waals surface area contributed by atoms with E-state index < -0.39 is 0 Å². The molecule has 0 spiro atoms. The number of benzene rings is 6. The highest BCUT2D eigenvalue weighted by atomic mass is 16.5. The van der Waals surface area contributed by atoms with Crippen LogP contribution in [0, 0.1) is 27.7 Å². The molecule has 0 unspecified atom stereocenters. The summed E-state index contributed by atoms with van der Waals surface area (Å²) in [6.45, 7) is 8.84. The first-order valence-electron chi connectivity index (χ1n) is 18.1. The van der Waals surface area contributed by atoms with E-state index in [0.717, 1.165) is 55.7 Å². The van der Waals surface area contributed by atoms with Gasteiger partial charge in [-0.3, -0.25) is 8.97 Å². The zero-order chi connectivity index (χ0) is 35.8. The van der Waals surface area contributed by atoms with Crippen LogP contribution in [0.15, 0.2) is 146 Å². The van der Waals surface area contributed by atoms with Gasteiger partial charge in [-0.25, -0.2) is 9.97 Å². The number of hydrogen-bond donors (Lipinski definition) is 0. The molecule has 0 aliphatic carbocycles. The van der Waals surface area contributed by atoms with Gasteiger partial charge >= 0.3 is 0 Å². The zero-order valence-electron chi connectivity index (χ0n) is 30.1. The molecule has 0 fully saturated rings. The molecule has 0 amide bonds. The third-order valence-corrected chi connectivity index (χ3v) is 10.8. The highest BCUT2D eigenvalue weighted by molar-refractivity contribution is 6.17. The van der Waals surface area contributed by atoms with Gasteiger partial charge in [-0.05, 0) is 133 Å². The van der Waals surface area contributed by atoms with Crippen molar-refractivity contribution in [2.45, 2.75) is 27.7 Å². The predicted octanol–water partition coefficient (Wildman–Crippen LogP) is 12.5. The smallest absolute Gasteiger partial charge is 0.145 e. The number of aromatic nitrogens is 4. The number of pyridine rings is 2. The van der Waals surface area contributed by atoms with E-state index in [-0.39, 0.29) is 0 Å². The van der Waals surface area contributed by atoms with Gasteiger partial charge in [0.1, 0.15) is 23.0 Å². The van der Waals surface area contributed by atoms with Gasteiger partial charge in [0.15, 0.2) is 0 Å². The topological polar surface area (TPSA) is 44.3 Å². The van der Waals surface area contributed by atoms with Crippen molar-refractivity contribution < 1.29 is 4.74 Å². The van der Waals surface area contributed by atoms with Crippen molar-refractivity contribution in [1.29, 1.82) is 0 Å². The SMILES string of the molecule is Cc1cccc(C)c1-c1cc(-c2c(C)cccc2C)c2c(c1)c1ccc(Oc3ccc4c5ccccc5n(-c5ccccn5)c4c3)cc1c1nccn12. The van der Waals surface area contributed by atoms with Crippen molar-refractivity contribution in [2.24, 2.45) is 0 Å². The number of nitrogens with zero attached hydrogens (tertiary/aromatic N) is 4. The van der Waals surface area contributed by atoms with E-state index in [2.05, 4.69) is 152 Å². The highest BCUT2D eigenvalue weighted by Crippen LogP contribution is 2.43. The lowest BCUT2D eigenvalue weighted by Gasteiger charge is -2.20. The molecule has 0 saturated carbocycles. The Balaban J connectivity index is 1.19. The first-order valence-corrected chi connectivity index (χ1v) is 18.1. The van der Waals surface area contributed by atoms with Gasteiger partial charge in [0, 0.05) is 51.8 Å². The highest BCUT2D eigenvalue weighted by Gasteiger charge is 2.20. The molecule has 0 radical (unpaired) electrons. The van der Waals surface area contributed by atoms with E-state index in [9.17, 15) is 0 Å². The molecule has 5 heteroatoms. The third-order valence-electron chi connectivity index (χ3n) is 10.8. The quantitative estimate of drug-likeness (QED) is 0.170. The van der Waals surface area contributed by atoms with Crippen molar-refractivity contribution in [2.75, 3.05) is 0 Å². The first-order chi connectivity index (χ1) is 25.9. The monoisotopic (exact) mass is 684 g/mol. The summed E-state index contributed by atoms with van der Waals surface area (Å²) >= 11 is 0.